The van der Waals surface area contributed by atoms with Crippen molar-refractivity contribution in [3.63, 3.8) is 0 Å². The molecule has 0 radical (unpaired) electrons. The summed E-state index contributed by atoms with van der Waals surface area (Å²) >= 11 is 0. The topological polar surface area (TPSA) is 64.6 Å². The molecular weight excluding hydrogens is 290 g/mol. The van der Waals surface area contributed by atoms with Crippen molar-refractivity contribution in [1.29, 1.82) is 0 Å². The van der Waals surface area contributed by atoms with Crippen LogP contribution in [0.3, 0.4) is 0 Å². The minimum atomic E-state index is -0.0877. The molecule has 0 aromatic heterocycles. The molecule has 126 valence electrons. The van der Waals surface area contributed by atoms with E-state index in [1.807, 2.05) is 18.2 Å². The van der Waals surface area contributed by atoms with Crippen LogP contribution in [0.1, 0.15) is 32.1 Å². The van der Waals surface area contributed by atoms with Crippen LogP contribution in [0.25, 0.3) is 0 Å². The SMILES string of the molecule is O=C(N[C@@H]1CCCN(c2ccccc2)C1)N[C@H]1CCC[C@@H]1CO. The first-order valence-electron chi connectivity index (χ1n) is 8.74. The molecule has 23 heavy (non-hydrogen) atoms. The van der Waals surface area contributed by atoms with Crippen LogP contribution in [-0.2, 0) is 0 Å². The summed E-state index contributed by atoms with van der Waals surface area (Å²) in [5.74, 6) is 0.216. The Bertz CT molecular complexity index is 508. The Morgan fingerprint density at radius 2 is 1.96 bits per heavy atom. The van der Waals surface area contributed by atoms with E-state index in [0.29, 0.717) is 0 Å². The van der Waals surface area contributed by atoms with Crippen molar-refractivity contribution in [3.8, 4) is 0 Å². The predicted octanol–water partition coefficient (Wildman–Crippen LogP) is 2.12. The molecule has 3 rings (SSSR count). The maximum Gasteiger partial charge on any atom is 0.315 e. The van der Waals surface area contributed by atoms with Gasteiger partial charge in [-0.25, -0.2) is 4.79 Å². The Hall–Kier alpha value is -1.75. The van der Waals surface area contributed by atoms with Gasteiger partial charge in [0.15, 0.2) is 0 Å². The summed E-state index contributed by atoms with van der Waals surface area (Å²) in [5, 5.41) is 15.5. The van der Waals surface area contributed by atoms with E-state index in [0.717, 1.165) is 45.2 Å². The molecule has 0 spiro atoms. The molecule has 1 aliphatic heterocycles. The van der Waals surface area contributed by atoms with Gasteiger partial charge in [-0.3, -0.25) is 0 Å². The summed E-state index contributed by atoms with van der Waals surface area (Å²) in [4.78, 5) is 14.6. The van der Waals surface area contributed by atoms with Gasteiger partial charge >= 0.3 is 6.03 Å². The third kappa shape index (κ3) is 4.16. The fourth-order valence-electron chi connectivity index (χ4n) is 3.81. The van der Waals surface area contributed by atoms with Gasteiger partial charge in [-0.05, 0) is 37.8 Å². The highest BCUT2D eigenvalue weighted by Crippen LogP contribution is 2.25. The quantitative estimate of drug-likeness (QED) is 0.797. The number of hydrogen-bond donors (Lipinski definition) is 3. The Balaban J connectivity index is 1.50. The summed E-state index contributed by atoms with van der Waals surface area (Å²) in [7, 11) is 0. The number of urea groups is 1. The zero-order chi connectivity index (χ0) is 16.1. The summed E-state index contributed by atoms with van der Waals surface area (Å²) in [6, 6.07) is 10.6. The number of anilines is 1. The number of aliphatic hydroxyl groups is 1. The highest BCUT2D eigenvalue weighted by atomic mass is 16.3. The van der Waals surface area contributed by atoms with Crippen LogP contribution in [0.5, 0.6) is 0 Å². The number of nitrogens with one attached hydrogen (secondary N) is 2. The first kappa shape index (κ1) is 16.1. The molecule has 1 saturated carbocycles. The zero-order valence-electron chi connectivity index (χ0n) is 13.6. The molecule has 1 saturated heterocycles. The van der Waals surface area contributed by atoms with E-state index in [2.05, 4.69) is 27.7 Å². The summed E-state index contributed by atoms with van der Waals surface area (Å²) in [6.07, 6.45) is 5.17. The van der Waals surface area contributed by atoms with Crippen molar-refractivity contribution >= 4 is 11.7 Å². The minimum absolute atomic E-state index is 0.0877. The van der Waals surface area contributed by atoms with Gasteiger partial charge in [0.05, 0.1) is 0 Å². The maximum atomic E-state index is 12.2. The van der Waals surface area contributed by atoms with Crippen LogP contribution in [-0.4, -0.2) is 42.9 Å². The molecule has 2 aliphatic rings. The van der Waals surface area contributed by atoms with Crippen molar-refractivity contribution in [1.82, 2.24) is 10.6 Å². The number of rotatable bonds is 4. The van der Waals surface area contributed by atoms with Crippen molar-refractivity contribution in [2.45, 2.75) is 44.2 Å². The molecule has 0 bridgehead atoms. The lowest BCUT2D eigenvalue weighted by molar-refractivity contribution is 0.197. The molecule has 0 unspecified atom stereocenters. The average Bonchev–Trinajstić information content (AvgIpc) is 3.03. The second-order valence-corrected chi connectivity index (χ2v) is 6.72. The van der Waals surface area contributed by atoms with E-state index in [-0.39, 0.29) is 30.6 Å². The molecule has 1 heterocycles. The lowest BCUT2D eigenvalue weighted by Gasteiger charge is -2.35. The summed E-state index contributed by atoms with van der Waals surface area (Å²) in [6.45, 7) is 2.06. The Labute approximate surface area is 138 Å². The van der Waals surface area contributed by atoms with Crippen LogP contribution >= 0.6 is 0 Å². The second-order valence-electron chi connectivity index (χ2n) is 6.72. The van der Waals surface area contributed by atoms with Crippen molar-refractivity contribution in [2.75, 3.05) is 24.6 Å². The second kappa shape index (κ2) is 7.68. The zero-order valence-corrected chi connectivity index (χ0v) is 13.6. The number of carbonyl (C=O) groups is 1. The lowest BCUT2D eigenvalue weighted by atomic mass is 10.0. The fourth-order valence-corrected chi connectivity index (χ4v) is 3.81. The van der Waals surface area contributed by atoms with Crippen LogP contribution in [0, 0.1) is 5.92 Å². The van der Waals surface area contributed by atoms with Gasteiger partial charge in [0.25, 0.3) is 0 Å². The Kier molecular flexibility index (Phi) is 5.39. The number of nitrogens with zero attached hydrogens (tertiary/aromatic N) is 1. The van der Waals surface area contributed by atoms with E-state index in [4.69, 9.17) is 0 Å². The number of aliphatic hydroxyl groups excluding tert-OH is 1. The third-order valence-corrected chi connectivity index (χ3v) is 5.09. The Morgan fingerprint density at radius 1 is 1.13 bits per heavy atom. The normalized spacial score (nSPS) is 27.7. The largest absolute Gasteiger partial charge is 0.396 e. The highest BCUT2D eigenvalue weighted by molar-refractivity contribution is 5.74. The van der Waals surface area contributed by atoms with Crippen LogP contribution in [0.15, 0.2) is 30.3 Å². The van der Waals surface area contributed by atoms with E-state index in [1.54, 1.807) is 0 Å². The van der Waals surface area contributed by atoms with Gasteiger partial charge in [-0.2, -0.15) is 0 Å². The third-order valence-electron chi connectivity index (χ3n) is 5.09. The first-order valence-corrected chi connectivity index (χ1v) is 8.74. The number of amides is 2. The summed E-state index contributed by atoms with van der Waals surface area (Å²) in [5.41, 5.74) is 1.22. The molecular formula is C18H27N3O2. The van der Waals surface area contributed by atoms with Gasteiger partial charge in [0, 0.05) is 43.4 Å². The highest BCUT2D eigenvalue weighted by Gasteiger charge is 2.29. The summed E-state index contributed by atoms with van der Waals surface area (Å²) < 4.78 is 0. The predicted molar refractivity (Wildman–Crippen MR) is 91.6 cm³/mol. The molecule has 2 fully saturated rings. The van der Waals surface area contributed by atoms with Crippen molar-refractivity contribution in [3.05, 3.63) is 30.3 Å². The fraction of sp³-hybridized carbons (Fsp3) is 0.611. The molecule has 1 aromatic rings. The molecule has 2 amide bonds. The number of benzene rings is 1. The lowest BCUT2D eigenvalue weighted by Crippen LogP contribution is -2.53. The smallest absolute Gasteiger partial charge is 0.315 e. The van der Waals surface area contributed by atoms with Gasteiger partial charge in [-0.15, -0.1) is 0 Å². The minimum Gasteiger partial charge on any atom is -0.396 e. The molecule has 1 aliphatic carbocycles. The van der Waals surface area contributed by atoms with Gasteiger partial charge < -0.3 is 20.6 Å². The van der Waals surface area contributed by atoms with E-state index in [9.17, 15) is 9.90 Å². The van der Waals surface area contributed by atoms with Gasteiger partial charge in [0.2, 0.25) is 0 Å². The van der Waals surface area contributed by atoms with E-state index < -0.39 is 0 Å². The standard InChI is InChI=1S/C18H27N3O2/c22-13-14-6-4-10-17(14)20-18(23)19-15-7-5-11-21(12-15)16-8-2-1-3-9-16/h1-3,8-9,14-15,17,22H,4-7,10-13H2,(H2,19,20,23)/t14-,15-,17+/m1/s1. The number of carbonyl (C=O) groups excluding carboxylic acids is 1. The van der Waals surface area contributed by atoms with E-state index >= 15 is 0 Å². The van der Waals surface area contributed by atoms with Crippen molar-refractivity contribution in [2.24, 2.45) is 5.92 Å². The van der Waals surface area contributed by atoms with Crippen LogP contribution in [0.4, 0.5) is 10.5 Å². The number of hydrogen-bond acceptors (Lipinski definition) is 3. The van der Waals surface area contributed by atoms with Gasteiger partial charge in [0.1, 0.15) is 0 Å². The monoisotopic (exact) mass is 317 g/mol. The van der Waals surface area contributed by atoms with Crippen LogP contribution < -0.4 is 15.5 Å². The molecule has 5 heteroatoms. The van der Waals surface area contributed by atoms with Crippen molar-refractivity contribution < 1.29 is 9.90 Å². The number of piperidine rings is 1. The maximum absolute atomic E-state index is 12.2. The van der Waals surface area contributed by atoms with Gasteiger partial charge in [-0.1, -0.05) is 24.6 Å². The van der Waals surface area contributed by atoms with E-state index in [1.165, 1.54) is 5.69 Å². The molecule has 3 N–H and O–H groups in total. The average molecular weight is 317 g/mol. The molecule has 5 nitrogen and oxygen atoms in total. The number of para-hydroxylation sites is 1. The van der Waals surface area contributed by atoms with Crippen LogP contribution in [0.2, 0.25) is 0 Å². The molecule has 1 aromatic carbocycles. The Morgan fingerprint density at radius 3 is 2.74 bits per heavy atom. The first-order chi connectivity index (χ1) is 11.3. The molecule has 3 atom stereocenters.